The van der Waals surface area contributed by atoms with Crippen molar-refractivity contribution in [2.75, 3.05) is 11.9 Å². The van der Waals surface area contributed by atoms with Crippen LogP contribution in [0.2, 0.25) is 0 Å². The number of hydrogen-bond acceptors (Lipinski definition) is 5. The zero-order valence-corrected chi connectivity index (χ0v) is 18.0. The first-order chi connectivity index (χ1) is 14.3. The molecule has 0 aliphatic rings. The molecule has 0 atom stereocenters. The number of amides is 1. The summed E-state index contributed by atoms with van der Waals surface area (Å²) in [7, 11) is 0. The van der Waals surface area contributed by atoms with Gasteiger partial charge in [0.25, 0.3) is 11.5 Å². The molecule has 0 unspecified atom stereocenters. The number of nitrogens with one attached hydrogen (secondary N) is 3. The lowest BCUT2D eigenvalue weighted by atomic mass is 10.00. The number of anilines is 1. The molecule has 7 nitrogen and oxygen atoms in total. The van der Waals surface area contributed by atoms with Crippen LogP contribution in [-0.4, -0.2) is 27.4 Å². The van der Waals surface area contributed by atoms with Gasteiger partial charge < -0.3 is 15.6 Å². The molecule has 2 heterocycles. The van der Waals surface area contributed by atoms with Gasteiger partial charge in [-0.2, -0.15) is 0 Å². The Balaban J connectivity index is 1.94. The Kier molecular flexibility index (Phi) is 6.30. The summed E-state index contributed by atoms with van der Waals surface area (Å²) in [6.07, 6.45) is 3.40. The van der Waals surface area contributed by atoms with Gasteiger partial charge in [-0.3, -0.25) is 19.6 Å². The van der Waals surface area contributed by atoms with E-state index in [2.05, 4.69) is 25.6 Å². The molecule has 0 aliphatic heterocycles. The number of aryl methyl sites for hydroxylation is 3. The van der Waals surface area contributed by atoms with E-state index in [0.29, 0.717) is 16.8 Å². The van der Waals surface area contributed by atoms with Crippen LogP contribution >= 0.6 is 0 Å². The van der Waals surface area contributed by atoms with Gasteiger partial charge in [0.15, 0.2) is 0 Å². The molecule has 1 aromatic carbocycles. The predicted molar refractivity (Wildman–Crippen MR) is 119 cm³/mol. The average Bonchev–Trinajstić information content (AvgIpc) is 2.69. The van der Waals surface area contributed by atoms with E-state index in [1.165, 1.54) is 0 Å². The Morgan fingerprint density at radius 1 is 1.07 bits per heavy atom. The van der Waals surface area contributed by atoms with Crippen molar-refractivity contribution in [1.29, 1.82) is 0 Å². The summed E-state index contributed by atoms with van der Waals surface area (Å²) in [5.74, 6) is -0.243. The summed E-state index contributed by atoms with van der Waals surface area (Å²) in [6.45, 7) is 10.4. The maximum absolute atomic E-state index is 13.0. The smallest absolute Gasteiger partial charge is 0.253 e. The Morgan fingerprint density at radius 3 is 2.47 bits per heavy atom. The summed E-state index contributed by atoms with van der Waals surface area (Å²) in [6, 6.07) is 5.69. The second kappa shape index (κ2) is 8.90. The van der Waals surface area contributed by atoms with Crippen LogP contribution in [0.4, 0.5) is 5.69 Å². The van der Waals surface area contributed by atoms with Crippen molar-refractivity contribution in [2.45, 2.75) is 41.2 Å². The predicted octanol–water partition coefficient (Wildman–Crippen LogP) is 3.43. The lowest BCUT2D eigenvalue weighted by molar-refractivity contribution is 0.0950. The van der Waals surface area contributed by atoms with E-state index in [1.54, 1.807) is 12.4 Å². The molecule has 3 N–H and O–H groups in total. The molecule has 0 saturated heterocycles. The van der Waals surface area contributed by atoms with E-state index in [-0.39, 0.29) is 18.0 Å². The number of nitrogens with zero attached hydrogens (tertiary/aromatic N) is 2. The van der Waals surface area contributed by atoms with Crippen molar-refractivity contribution in [3.05, 3.63) is 74.6 Å². The minimum Gasteiger partial charge on any atom is -0.385 e. The Morgan fingerprint density at radius 2 is 1.83 bits per heavy atom. The third-order valence-corrected chi connectivity index (χ3v) is 5.02. The summed E-state index contributed by atoms with van der Waals surface area (Å²) in [5, 5.41) is 6.20. The Hall–Kier alpha value is -3.48. The molecule has 156 valence electrons. The van der Waals surface area contributed by atoms with Crippen LogP contribution in [0.3, 0.4) is 0 Å². The highest BCUT2D eigenvalue weighted by molar-refractivity contribution is 5.98. The Labute approximate surface area is 176 Å². The first-order valence-electron chi connectivity index (χ1n) is 9.95. The highest BCUT2D eigenvalue weighted by Gasteiger charge is 2.16. The molecule has 0 radical (unpaired) electrons. The number of aromatic amines is 1. The SMILES string of the molecule is CCNc1cc(-c2cnc(C)cn2)cc(C(=O)NCc2c(C)cc(C)[nH]c2=O)c1C. The fourth-order valence-electron chi connectivity index (χ4n) is 3.38. The topological polar surface area (TPSA) is 99.8 Å². The van der Waals surface area contributed by atoms with Gasteiger partial charge in [-0.05, 0) is 63.9 Å². The van der Waals surface area contributed by atoms with Crippen molar-refractivity contribution < 1.29 is 4.79 Å². The van der Waals surface area contributed by atoms with Crippen LogP contribution in [0.1, 0.15) is 45.4 Å². The third kappa shape index (κ3) is 4.56. The number of H-pyrrole nitrogens is 1. The van der Waals surface area contributed by atoms with E-state index in [1.807, 2.05) is 52.8 Å². The maximum Gasteiger partial charge on any atom is 0.253 e. The van der Waals surface area contributed by atoms with Gasteiger partial charge in [-0.25, -0.2) is 0 Å². The summed E-state index contributed by atoms with van der Waals surface area (Å²) in [4.78, 5) is 36.8. The summed E-state index contributed by atoms with van der Waals surface area (Å²) >= 11 is 0. The number of rotatable bonds is 6. The second-order valence-corrected chi connectivity index (χ2v) is 7.40. The maximum atomic E-state index is 13.0. The zero-order valence-electron chi connectivity index (χ0n) is 18.0. The molecule has 1 amide bonds. The normalized spacial score (nSPS) is 10.7. The standard InChI is InChI=1S/C23H27N5O2/c1-6-24-20-9-17(21-12-25-15(4)10-26-21)8-18(16(20)5)22(29)27-11-19-13(2)7-14(3)28-23(19)30/h7-10,12,24H,6,11H2,1-5H3,(H,27,29)(H,28,30). The molecule has 0 aliphatic carbocycles. The summed E-state index contributed by atoms with van der Waals surface area (Å²) < 4.78 is 0. The van der Waals surface area contributed by atoms with Crippen LogP contribution in [-0.2, 0) is 6.54 Å². The molecule has 0 fully saturated rings. The van der Waals surface area contributed by atoms with Crippen LogP contribution in [0, 0.1) is 27.7 Å². The van der Waals surface area contributed by atoms with Crippen molar-refractivity contribution in [3.8, 4) is 11.3 Å². The number of carbonyl (C=O) groups excluding carboxylic acids is 1. The van der Waals surface area contributed by atoms with Gasteiger partial charge in [0.2, 0.25) is 0 Å². The first kappa shape index (κ1) is 21.2. The molecular formula is C23H27N5O2. The van der Waals surface area contributed by atoms with Gasteiger partial charge in [-0.15, -0.1) is 0 Å². The molecule has 0 bridgehead atoms. The van der Waals surface area contributed by atoms with E-state index < -0.39 is 0 Å². The molecule has 7 heteroatoms. The number of carbonyl (C=O) groups is 1. The van der Waals surface area contributed by atoms with Gasteiger partial charge in [0.1, 0.15) is 0 Å². The number of benzene rings is 1. The number of hydrogen-bond donors (Lipinski definition) is 3. The lowest BCUT2D eigenvalue weighted by Gasteiger charge is -2.15. The first-order valence-corrected chi connectivity index (χ1v) is 9.95. The van der Waals surface area contributed by atoms with Crippen LogP contribution in [0.5, 0.6) is 0 Å². The molecule has 3 aromatic rings. The van der Waals surface area contributed by atoms with Gasteiger partial charge in [-0.1, -0.05) is 0 Å². The van der Waals surface area contributed by atoms with E-state index in [9.17, 15) is 9.59 Å². The molecule has 0 saturated carbocycles. The minimum atomic E-state index is -0.243. The van der Waals surface area contributed by atoms with E-state index >= 15 is 0 Å². The van der Waals surface area contributed by atoms with Gasteiger partial charge >= 0.3 is 0 Å². The van der Waals surface area contributed by atoms with Crippen molar-refractivity contribution in [2.24, 2.45) is 0 Å². The lowest BCUT2D eigenvalue weighted by Crippen LogP contribution is -2.28. The molecule has 30 heavy (non-hydrogen) atoms. The average molecular weight is 406 g/mol. The van der Waals surface area contributed by atoms with E-state index in [4.69, 9.17) is 0 Å². The Bertz CT molecular complexity index is 1130. The fourth-order valence-corrected chi connectivity index (χ4v) is 3.38. The molecule has 0 spiro atoms. The quantitative estimate of drug-likeness (QED) is 0.583. The molecule has 2 aromatic heterocycles. The van der Waals surface area contributed by atoms with Crippen molar-refractivity contribution in [3.63, 3.8) is 0 Å². The van der Waals surface area contributed by atoms with Gasteiger partial charge in [0, 0.05) is 47.4 Å². The highest BCUT2D eigenvalue weighted by atomic mass is 16.1. The van der Waals surface area contributed by atoms with Crippen LogP contribution in [0.25, 0.3) is 11.3 Å². The molecular weight excluding hydrogens is 378 g/mol. The second-order valence-electron chi connectivity index (χ2n) is 7.40. The van der Waals surface area contributed by atoms with Crippen LogP contribution < -0.4 is 16.2 Å². The largest absolute Gasteiger partial charge is 0.385 e. The monoisotopic (exact) mass is 405 g/mol. The fraction of sp³-hybridized carbons (Fsp3) is 0.304. The minimum absolute atomic E-state index is 0.158. The van der Waals surface area contributed by atoms with Gasteiger partial charge in [0.05, 0.1) is 17.6 Å². The van der Waals surface area contributed by atoms with Crippen molar-refractivity contribution in [1.82, 2.24) is 20.3 Å². The highest BCUT2D eigenvalue weighted by Crippen LogP contribution is 2.27. The third-order valence-electron chi connectivity index (χ3n) is 5.02. The summed E-state index contributed by atoms with van der Waals surface area (Å²) in [5.41, 5.74) is 6.59. The number of aromatic nitrogens is 3. The van der Waals surface area contributed by atoms with Crippen LogP contribution in [0.15, 0.2) is 35.4 Å². The molecule has 3 rings (SSSR count). The number of pyridine rings is 1. The van der Waals surface area contributed by atoms with E-state index in [0.717, 1.165) is 40.3 Å². The van der Waals surface area contributed by atoms with Crippen molar-refractivity contribution >= 4 is 11.6 Å². The zero-order chi connectivity index (χ0) is 21.8.